The summed E-state index contributed by atoms with van der Waals surface area (Å²) in [5, 5.41) is 3.01. The summed E-state index contributed by atoms with van der Waals surface area (Å²) in [5.74, 6) is 0.740. The average Bonchev–Trinajstić information content (AvgIpc) is 3.18. The molecule has 0 bridgehead atoms. The van der Waals surface area contributed by atoms with E-state index in [1.807, 2.05) is 28.0 Å². The van der Waals surface area contributed by atoms with Crippen molar-refractivity contribution in [2.24, 2.45) is 5.92 Å². The zero-order chi connectivity index (χ0) is 17.5. The van der Waals surface area contributed by atoms with Gasteiger partial charge in [0.25, 0.3) is 0 Å². The van der Waals surface area contributed by atoms with Gasteiger partial charge in [-0.3, -0.25) is 4.79 Å². The third kappa shape index (κ3) is 5.21. The van der Waals surface area contributed by atoms with Crippen molar-refractivity contribution in [1.82, 2.24) is 15.1 Å². The number of piperidine rings is 1. The monoisotopic (exact) mass is 343 g/mol. The quantitative estimate of drug-likeness (QED) is 0.894. The van der Waals surface area contributed by atoms with Crippen molar-refractivity contribution in [1.29, 1.82) is 0 Å². The summed E-state index contributed by atoms with van der Waals surface area (Å²) in [4.78, 5) is 28.4. The fourth-order valence-electron chi connectivity index (χ4n) is 3.75. The van der Waals surface area contributed by atoms with Crippen molar-refractivity contribution in [3.8, 4) is 0 Å². The van der Waals surface area contributed by atoms with Crippen LogP contribution in [-0.4, -0.2) is 54.5 Å². The van der Waals surface area contributed by atoms with E-state index in [1.165, 1.54) is 5.56 Å². The fraction of sp³-hybridized carbons (Fsp3) is 0.600. The largest absolute Gasteiger partial charge is 0.343 e. The van der Waals surface area contributed by atoms with Crippen molar-refractivity contribution in [3.05, 3.63) is 35.9 Å². The number of hydrogen-bond donors (Lipinski definition) is 1. The molecule has 3 amide bonds. The molecule has 2 aliphatic rings. The van der Waals surface area contributed by atoms with Crippen molar-refractivity contribution in [2.45, 2.75) is 38.5 Å². The number of benzene rings is 1. The highest BCUT2D eigenvalue weighted by molar-refractivity contribution is 5.77. The maximum absolute atomic E-state index is 12.3. The van der Waals surface area contributed by atoms with Crippen LogP contribution >= 0.6 is 0 Å². The van der Waals surface area contributed by atoms with Crippen LogP contribution in [-0.2, 0) is 11.2 Å². The molecular formula is C20H29N3O2. The van der Waals surface area contributed by atoms with E-state index in [2.05, 4.69) is 17.4 Å². The molecule has 5 heteroatoms. The highest BCUT2D eigenvalue weighted by Crippen LogP contribution is 2.22. The van der Waals surface area contributed by atoms with Gasteiger partial charge in [0.05, 0.1) is 0 Å². The molecule has 2 aliphatic heterocycles. The first-order valence-electron chi connectivity index (χ1n) is 9.57. The zero-order valence-corrected chi connectivity index (χ0v) is 15.0. The van der Waals surface area contributed by atoms with Gasteiger partial charge >= 0.3 is 6.03 Å². The lowest BCUT2D eigenvalue weighted by atomic mass is 9.93. The van der Waals surface area contributed by atoms with E-state index in [4.69, 9.17) is 0 Å². The van der Waals surface area contributed by atoms with Crippen molar-refractivity contribution >= 4 is 11.9 Å². The number of rotatable bonds is 5. The van der Waals surface area contributed by atoms with E-state index in [1.54, 1.807) is 0 Å². The summed E-state index contributed by atoms with van der Waals surface area (Å²) in [6.07, 6.45) is 5.68. The molecule has 5 nitrogen and oxygen atoms in total. The molecule has 2 saturated heterocycles. The Hall–Kier alpha value is -2.04. The molecule has 0 aromatic heterocycles. The molecule has 0 saturated carbocycles. The standard InChI is InChI=1S/C20H29N3O2/c24-19(22-12-4-5-13-22)16-18-9-14-23(15-10-18)20(25)21-11-8-17-6-2-1-3-7-17/h1-3,6-7,18H,4-5,8-16H2,(H,21,25). The molecule has 0 spiro atoms. The van der Waals surface area contributed by atoms with Gasteiger partial charge in [0.2, 0.25) is 5.91 Å². The van der Waals surface area contributed by atoms with Crippen molar-refractivity contribution in [2.75, 3.05) is 32.7 Å². The lowest BCUT2D eigenvalue weighted by Crippen LogP contribution is -2.45. The number of nitrogens with one attached hydrogen (secondary N) is 1. The number of urea groups is 1. The normalized spacial score (nSPS) is 18.4. The molecule has 1 aromatic rings. The van der Waals surface area contributed by atoms with Gasteiger partial charge in [0, 0.05) is 39.1 Å². The van der Waals surface area contributed by atoms with Crippen molar-refractivity contribution in [3.63, 3.8) is 0 Å². The van der Waals surface area contributed by atoms with E-state index < -0.39 is 0 Å². The van der Waals surface area contributed by atoms with E-state index >= 15 is 0 Å². The number of carbonyl (C=O) groups excluding carboxylic acids is 2. The molecule has 0 radical (unpaired) electrons. The van der Waals surface area contributed by atoms with Gasteiger partial charge in [-0.05, 0) is 43.6 Å². The number of nitrogens with zero attached hydrogens (tertiary/aromatic N) is 2. The second kappa shape index (κ2) is 8.88. The van der Waals surface area contributed by atoms with E-state index in [9.17, 15) is 9.59 Å². The smallest absolute Gasteiger partial charge is 0.317 e. The second-order valence-corrected chi connectivity index (χ2v) is 7.19. The topological polar surface area (TPSA) is 52.7 Å². The molecule has 2 fully saturated rings. The van der Waals surface area contributed by atoms with Crippen LogP contribution in [0, 0.1) is 5.92 Å². The van der Waals surface area contributed by atoms with Crippen LogP contribution in [0.2, 0.25) is 0 Å². The lowest BCUT2D eigenvalue weighted by Gasteiger charge is -2.32. The second-order valence-electron chi connectivity index (χ2n) is 7.19. The van der Waals surface area contributed by atoms with Crippen LogP contribution in [0.5, 0.6) is 0 Å². The average molecular weight is 343 g/mol. The van der Waals surface area contributed by atoms with Crippen LogP contribution in [0.4, 0.5) is 4.79 Å². The van der Waals surface area contributed by atoms with E-state index in [0.29, 0.717) is 24.8 Å². The zero-order valence-electron chi connectivity index (χ0n) is 15.0. The Morgan fingerprint density at radius 1 is 0.960 bits per heavy atom. The van der Waals surface area contributed by atoms with Crippen LogP contribution < -0.4 is 5.32 Å². The lowest BCUT2D eigenvalue weighted by molar-refractivity contribution is -0.131. The van der Waals surface area contributed by atoms with Crippen LogP contribution in [0.15, 0.2) is 30.3 Å². The third-order valence-electron chi connectivity index (χ3n) is 5.36. The highest BCUT2D eigenvalue weighted by atomic mass is 16.2. The Morgan fingerprint density at radius 2 is 1.64 bits per heavy atom. The van der Waals surface area contributed by atoms with Crippen LogP contribution in [0.25, 0.3) is 0 Å². The Kier molecular flexibility index (Phi) is 6.31. The van der Waals surface area contributed by atoms with Gasteiger partial charge in [0.1, 0.15) is 0 Å². The van der Waals surface area contributed by atoms with Crippen molar-refractivity contribution < 1.29 is 9.59 Å². The summed E-state index contributed by atoms with van der Waals surface area (Å²) in [5.41, 5.74) is 1.24. The third-order valence-corrected chi connectivity index (χ3v) is 5.36. The molecule has 0 atom stereocenters. The molecule has 2 heterocycles. The summed E-state index contributed by atoms with van der Waals surface area (Å²) in [6, 6.07) is 10.2. The SMILES string of the molecule is O=C(CC1CCN(C(=O)NCCc2ccccc2)CC1)N1CCCC1. The maximum Gasteiger partial charge on any atom is 0.317 e. The molecule has 136 valence electrons. The van der Waals surface area contributed by atoms with Gasteiger partial charge in [-0.15, -0.1) is 0 Å². The van der Waals surface area contributed by atoms with Gasteiger partial charge in [0.15, 0.2) is 0 Å². The highest BCUT2D eigenvalue weighted by Gasteiger charge is 2.26. The Labute approximate surface area is 150 Å². The molecule has 25 heavy (non-hydrogen) atoms. The minimum Gasteiger partial charge on any atom is -0.343 e. The minimum atomic E-state index is 0.0280. The molecule has 1 N–H and O–H groups in total. The Bertz CT molecular complexity index is 562. The molecule has 0 unspecified atom stereocenters. The van der Waals surface area contributed by atoms with E-state index in [0.717, 1.165) is 58.3 Å². The van der Waals surface area contributed by atoms with Gasteiger partial charge in [-0.2, -0.15) is 0 Å². The minimum absolute atomic E-state index is 0.0280. The van der Waals surface area contributed by atoms with Crippen LogP contribution in [0.3, 0.4) is 0 Å². The predicted octanol–water partition coefficient (Wildman–Crippen LogP) is 2.66. The first-order chi connectivity index (χ1) is 12.2. The molecular weight excluding hydrogens is 314 g/mol. The summed E-state index contributed by atoms with van der Waals surface area (Å²) in [7, 11) is 0. The maximum atomic E-state index is 12.3. The fourth-order valence-corrected chi connectivity index (χ4v) is 3.75. The predicted molar refractivity (Wildman–Crippen MR) is 98.3 cm³/mol. The number of hydrogen-bond acceptors (Lipinski definition) is 2. The summed E-state index contributed by atoms with van der Waals surface area (Å²) >= 11 is 0. The summed E-state index contributed by atoms with van der Waals surface area (Å²) in [6.45, 7) is 4.05. The first-order valence-corrected chi connectivity index (χ1v) is 9.57. The van der Waals surface area contributed by atoms with Gasteiger partial charge < -0.3 is 15.1 Å². The van der Waals surface area contributed by atoms with Gasteiger partial charge in [-0.25, -0.2) is 4.79 Å². The summed E-state index contributed by atoms with van der Waals surface area (Å²) < 4.78 is 0. The number of likely N-dealkylation sites (tertiary alicyclic amines) is 2. The molecule has 3 rings (SSSR count). The van der Waals surface area contributed by atoms with Crippen LogP contribution in [0.1, 0.15) is 37.7 Å². The Balaban J connectivity index is 1.33. The number of amides is 3. The Morgan fingerprint density at radius 3 is 2.32 bits per heavy atom. The van der Waals surface area contributed by atoms with Gasteiger partial charge in [-0.1, -0.05) is 30.3 Å². The number of carbonyl (C=O) groups is 2. The molecule has 0 aliphatic carbocycles. The molecule has 1 aromatic carbocycles. The first kappa shape index (κ1) is 17.8. The van der Waals surface area contributed by atoms with E-state index in [-0.39, 0.29) is 6.03 Å².